The molecular weight excluding hydrogens is 244 g/mol. The van der Waals surface area contributed by atoms with Crippen LogP contribution in [0.5, 0.6) is 0 Å². The van der Waals surface area contributed by atoms with Crippen molar-refractivity contribution in [3.63, 3.8) is 0 Å². The van der Waals surface area contributed by atoms with Gasteiger partial charge in [-0.3, -0.25) is 4.79 Å². The third kappa shape index (κ3) is 2.88. The Bertz CT molecular complexity index is 525. The van der Waals surface area contributed by atoms with Crippen LogP contribution in [0.1, 0.15) is 15.2 Å². The number of benzene rings is 1. The molecule has 0 aliphatic rings. The Morgan fingerprint density at radius 3 is 2.71 bits per heavy atom. The van der Waals surface area contributed by atoms with E-state index in [0.717, 1.165) is 17.0 Å². The highest BCUT2D eigenvalue weighted by molar-refractivity contribution is 7.09. The number of carbonyl (C=O) groups is 1. The highest BCUT2D eigenvalue weighted by atomic mass is 32.1. The van der Waals surface area contributed by atoms with Crippen LogP contribution in [-0.2, 0) is 6.54 Å². The first kappa shape index (κ1) is 11.7. The maximum Gasteiger partial charge on any atom is 0.251 e. The quantitative estimate of drug-likeness (QED) is 0.895. The summed E-state index contributed by atoms with van der Waals surface area (Å²) in [4.78, 5) is 12.6. The fourth-order valence-electron chi connectivity index (χ4n) is 1.32. The smallest absolute Gasteiger partial charge is 0.251 e. The second-order valence-corrected chi connectivity index (χ2v) is 4.42. The van der Waals surface area contributed by atoms with Crippen molar-refractivity contribution < 1.29 is 13.6 Å². The topological polar surface area (TPSA) is 29.1 Å². The minimum absolute atomic E-state index is 0.112. The van der Waals surface area contributed by atoms with Gasteiger partial charge in [-0.05, 0) is 29.6 Å². The molecular formula is C12H9F2NOS. The van der Waals surface area contributed by atoms with E-state index in [0.29, 0.717) is 6.54 Å². The van der Waals surface area contributed by atoms with Crippen LogP contribution in [-0.4, -0.2) is 5.91 Å². The first-order chi connectivity index (χ1) is 8.16. The SMILES string of the molecule is O=C(NCc1cccs1)c1ccc(F)c(F)c1. The van der Waals surface area contributed by atoms with Crippen molar-refractivity contribution in [3.8, 4) is 0 Å². The van der Waals surface area contributed by atoms with Gasteiger partial charge >= 0.3 is 0 Å². The van der Waals surface area contributed by atoms with Gasteiger partial charge in [0.25, 0.3) is 5.91 Å². The van der Waals surface area contributed by atoms with Crippen molar-refractivity contribution in [2.24, 2.45) is 0 Å². The predicted octanol–water partition coefficient (Wildman–Crippen LogP) is 2.96. The summed E-state index contributed by atoms with van der Waals surface area (Å²) in [5.74, 6) is -2.40. The normalized spacial score (nSPS) is 10.2. The van der Waals surface area contributed by atoms with Gasteiger partial charge in [0.05, 0.1) is 6.54 Å². The summed E-state index contributed by atoms with van der Waals surface area (Å²) in [7, 11) is 0. The van der Waals surface area contributed by atoms with Gasteiger partial charge in [0.1, 0.15) is 0 Å². The molecule has 0 radical (unpaired) electrons. The van der Waals surface area contributed by atoms with Crippen LogP contribution in [0.3, 0.4) is 0 Å². The van der Waals surface area contributed by atoms with E-state index < -0.39 is 17.5 Å². The molecule has 1 heterocycles. The van der Waals surface area contributed by atoms with Gasteiger partial charge < -0.3 is 5.32 Å². The average molecular weight is 253 g/mol. The lowest BCUT2D eigenvalue weighted by atomic mass is 10.2. The standard InChI is InChI=1S/C12H9F2NOS/c13-10-4-3-8(6-11(10)14)12(16)15-7-9-2-1-5-17-9/h1-6H,7H2,(H,15,16). The van der Waals surface area contributed by atoms with Gasteiger partial charge in [-0.25, -0.2) is 8.78 Å². The van der Waals surface area contributed by atoms with Gasteiger partial charge in [0, 0.05) is 10.4 Å². The summed E-state index contributed by atoms with van der Waals surface area (Å²) in [5, 5.41) is 4.53. The van der Waals surface area contributed by atoms with Crippen LogP contribution in [0.25, 0.3) is 0 Å². The first-order valence-corrected chi connectivity index (χ1v) is 5.80. The molecule has 88 valence electrons. The molecule has 0 saturated heterocycles. The Kier molecular flexibility index (Phi) is 3.49. The van der Waals surface area contributed by atoms with Crippen molar-refractivity contribution in [2.45, 2.75) is 6.54 Å². The van der Waals surface area contributed by atoms with Crippen molar-refractivity contribution in [1.29, 1.82) is 0 Å². The van der Waals surface area contributed by atoms with Crippen molar-refractivity contribution in [1.82, 2.24) is 5.32 Å². The van der Waals surface area contributed by atoms with E-state index in [1.54, 1.807) is 0 Å². The Morgan fingerprint density at radius 2 is 2.06 bits per heavy atom. The van der Waals surface area contributed by atoms with Crippen molar-refractivity contribution >= 4 is 17.2 Å². The maximum atomic E-state index is 12.9. The monoisotopic (exact) mass is 253 g/mol. The molecule has 5 heteroatoms. The van der Waals surface area contributed by atoms with Gasteiger partial charge in [-0.15, -0.1) is 11.3 Å². The number of rotatable bonds is 3. The van der Waals surface area contributed by atoms with Crippen LogP contribution in [0.4, 0.5) is 8.78 Å². The van der Waals surface area contributed by atoms with E-state index in [9.17, 15) is 13.6 Å². The van der Waals surface area contributed by atoms with Gasteiger partial charge in [0.2, 0.25) is 0 Å². The molecule has 2 aromatic rings. The number of hydrogen-bond acceptors (Lipinski definition) is 2. The minimum Gasteiger partial charge on any atom is -0.347 e. The van der Waals surface area contributed by atoms with E-state index in [2.05, 4.69) is 5.32 Å². The zero-order valence-corrected chi connectivity index (χ0v) is 9.56. The Labute approximate surface area is 101 Å². The molecule has 0 aliphatic heterocycles. The lowest BCUT2D eigenvalue weighted by Gasteiger charge is -2.04. The highest BCUT2D eigenvalue weighted by Crippen LogP contribution is 2.10. The Balaban J connectivity index is 2.02. The molecule has 17 heavy (non-hydrogen) atoms. The van der Waals surface area contributed by atoms with Crippen molar-refractivity contribution in [3.05, 3.63) is 57.8 Å². The molecule has 1 N–H and O–H groups in total. The van der Waals surface area contributed by atoms with Crippen LogP contribution in [0, 0.1) is 11.6 Å². The maximum absolute atomic E-state index is 12.9. The lowest BCUT2D eigenvalue weighted by Crippen LogP contribution is -2.22. The lowest BCUT2D eigenvalue weighted by molar-refractivity contribution is 0.0950. The summed E-state index contributed by atoms with van der Waals surface area (Å²) in [6, 6.07) is 6.84. The molecule has 2 nitrogen and oxygen atoms in total. The number of thiophene rings is 1. The van der Waals surface area contributed by atoms with E-state index in [-0.39, 0.29) is 5.56 Å². The van der Waals surface area contributed by atoms with Gasteiger partial charge in [0.15, 0.2) is 11.6 Å². The molecule has 1 amide bonds. The average Bonchev–Trinajstić information content (AvgIpc) is 2.82. The highest BCUT2D eigenvalue weighted by Gasteiger charge is 2.09. The molecule has 0 saturated carbocycles. The molecule has 0 atom stereocenters. The molecule has 2 rings (SSSR count). The number of carbonyl (C=O) groups excluding carboxylic acids is 1. The second kappa shape index (κ2) is 5.05. The van der Waals surface area contributed by atoms with Crippen LogP contribution < -0.4 is 5.32 Å². The van der Waals surface area contributed by atoms with Crippen LogP contribution in [0.15, 0.2) is 35.7 Å². The number of amides is 1. The number of nitrogens with one attached hydrogen (secondary N) is 1. The number of hydrogen-bond donors (Lipinski definition) is 1. The van der Waals surface area contributed by atoms with E-state index in [4.69, 9.17) is 0 Å². The zero-order valence-electron chi connectivity index (χ0n) is 8.74. The Hall–Kier alpha value is -1.75. The van der Waals surface area contributed by atoms with Gasteiger partial charge in [-0.1, -0.05) is 6.07 Å². The molecule has 1 aromatic heterocycles. The molecule has 0 fully saturated rings. The first-order valence-electron chi connectivity index (χ1n) is 4.92. The molecule has 0 aliphatic carbocycles. The Morgan fingerprint density at radius 1 is 1.24 bits per heavy atom. The summed E-state index contributed by atoms with van der Waals surface area (Å²) in [6.45, 7) is 0.384. The van der Waals surface area contributed by atoms with E-state index >= 15 is 0 Å². The fourth-order valence-corrected chi connectivity index (χ4v) is 1.96. The van der Waals surface area contributed by atoms with Crippen LogP contribution in [0.2, 0.25) is 0 Å². The molecule has 0 bridgehead atoms. The summed E-state index contributed by atoms with van der Waals surface area (Å²) in [6.07, 6.45) is 0. The van der Waals surface area contributed by atoms with Gasteiger partial charge in [-0.2, -0.15) is 0 Å². The predicted molar refractivity (Wildman–Crippen MR) is 61.8 cm³/mol. The van der Waals surface area contributed by atoms with E-state index in [1.807, 2.05) is 17.5 Å². The molecule has 0 unspecified atom stereocenters. The van der Waals surface area contributed by atoms with Crippen LogP contribution >= 0.6 is 11.3 Å². The summed E-state index contributed by atoms with van der Waals surface area (Å²) in [5.41, 5.74) is 0.112. The zero-order chi connectivity index (χ0) is 12.3. The minimum atomic E-state index is -1.02. The third-order valence-corrected chi connectivity index (χ3v) is 3.06. The summed E-state index contributed by atoms with van der Waals surface area (Å²) >= 11 is 1.52. The molecule has 0 spiro atoms. The number of halogens is 2. The van der Waals surface area contributed by atoms with Crippen molar-refractivity contribution in [2.75, 3.05) is 0 Å². The molecule has 1 aromatic carbocycles. The largest absolute Gasteiger partial charge is 0.347 e. The van der Waals surface area contributed by atoms with E-state index in [1.165, 1.54) is 17.4 Å². The third-order valence-electron chi connectivity index (χ3n) is 2.19. The fraction of sp³-hybridized carbons (Fsp3) is 0.0833. The summed E-state index contributed by atoms with van der Waals surface area (Å²) < 4.78 is 25.6. The second-order valence-electron chi connectivity index (χ2n) is 3.39.